The Labute approximate surface area is 784 Å². The summed E-state index contributed by atoms with van der Waals surface area (Å²) >= 11 is 0. The Morgan fingerprint density at radius 3 is 0.516 bits per heavy atom. The Hall–Kier alpha value is -13.7. The molecule has 48 heteroatoms. The van der Waals surface area contributed by atoms with Crippen LogP contribution in [0.2, 0.25) is 0 Å². The van der Waals surface area contributed by atoms with Crippen molar-refractivity contribution in [2.45, 2.75) is 217 Å². The van der Waals surface area contributed by atoms with Crippen molar-refractivity contribution >= 4 is 152 Å². The molecule has 0 aliphatic heterocycles. The fraction of sp³-hybridized carbons (Fsp3) is 0.447. The molecule has 0 aromatic rings. The Balaban J connectivity index is -0.0000000365. The second-order valence-corrected chi connectivity index (χ2v) is 21.3. The van der Waals surface area contributed by atoms with Crippen LogP contribution in [0.1, 0.15) is 148 Å². The summed E-state index contributed by atoms with van der Waals surface area (Å²) in [6.45, 7) is 146. The molecule has 0 bridgehead atoms. The predicted octanol–water partition coefficient (Wildman–Crippen LogP) is 1.74. The molecule has 3 saturated carbocycles. The van der Waals surface area contributed by atoms with Crippen LogP contribution in [0.5, 0.6) is 0 Å². The molecule has 6 unspecified atom stereocenters. The summed E-state index contributed by atoms with van der Waals surface area (Å²) in [7, 11) is 0. The monoisotopic (exact) mass is 2070 g/mol. The number of nitrogens with zero attached hydrogens (tertiary/aromatic N) is 12. The second kappa shape index (κ2) is 127. The standard InChI is InChI=1S/C7H9NO.2C6H8N2O.C6H7NO.C6H9NO.2C5H6N2O.2C5H8N2O.C5H7NO.2C4H6N2O.12CHO.4Mo/c1-4-5-7(8-3)6(2)9;2*1-3-4-5(8-2)6(7)9;1-5(8)6(7-2)3-4-6;1-5(8)6(2,3)7-4;2*1-7-5(2-3-5)4(6)8;2*1-5(2,7-3)4(6)8;1-4(6-3)5(2)7;2*1-3(6-2)4(5)7;12*1-2;;;;/h4,7H,1,5H2,2H3;2*3,5H,1,4H2,(H2,7,9);3-4H2,1H3;1-3H3;2*2-3H2,(H2,6,8);2*1-2H3,(H2,6,8);4H,1-2H3;2*3H,1H3,(H2,5,7);12*1H;;;;/q;;;;;;;;;;;;12*-1;;;;. The maximum Gasteiger partial charge on any atom is 0.309 e. The zero-order valence-corrected chi connectivity index (χ0v) is 78.1. The summed E-state index contributed by atoms with van der Waals surface area (Å²) in [5, 5.41) is 0. The number of carbonyl (C=O) groups is 12. The van der Waals surface area contributed by atoms with Crippen molar-refractivity contribution in [3.05, 3.63) is 175 Å². The van der Waals surface area contributed by atoms with Gasteiger partial charge in [0.25, 0.3) is 47.1 Å². The number of amides is 8. The summed E-state index contributed by atoms with van der Waals surface area (Å²) in [5.41, 5.74) is 33.5. The number of nitrogens with two attached hydrogens (primary N) is 8. The van der Waals surface area contributed by atoms with E-state index >= 15 is 0 Å². The molecule has 124 heavy (non-hydrogen) atoms. The first-order chi connectivity index (χ1) is 55.8. The summed E-state index contributed by atoms with van der Waals surface area (Å²) in [6.07, 6.45) is 9.97. The average molecular weight is 2060 g/mol. The van der Waals surface area contributed by atoms with Gasteiger partial charge in [0.1, 0.15) is 0 Å². The number of carbonyl (C=O) groups excluding carboxylic acids is 24. The molecular formula is C76H100Mo4N20O24-12. The van der Waals surface area contributed by atoms with Gasteiger partial charge in [-0.15, -0.1) is 19.7 Å². The topological polar surface area (TPSA) is 670 Å². The van der Waals surface area contributed by atoms with Gasteiger partial charge in [-0.25, -0.2) is 78.9 Å². The molecule has 0 radical (unpaired) electrons. The van der Waals surface area contributed by atoms with E-state index in [4.69, 9.17) is 182 Å². The fourth-order valence-electron chi connectivity index (χ4n) is 3.38. The van der Waals surface area contributed by atoms with Crippen LogP contribution in [0.25, 0.3) is 58.1 Å². The minimum atomic E-state index is -1.03. The van der Waals surface area contributed by atoms with Crippen molar-refractivity contribution in [1.29, 1.82) is 0 Å². The zero-order valence-electron chi connectivity index (χ0n) is 70.0. The van der Waals surface area contributed by atoms with E-state index in [1.165, 1.54) is 81.4 Å². The van der Waals surface area contributed by atoms with E-state index in [9.17, 15) is 57.5 Å². The maximum absolute atomic E-state index is 10.5. The Bertz CT molecular complexity index is 3090. The van der Waals surface area contributed by atoms with Gasteiger partial charge in [-0.1, -0.05) is 18.2 Å². The van der Waals surface area contributed by atoms with Crippen LogP contribution in [0.4, 0.5) is 0 Å². The molecule has 6 atom stereocenters. The van der Waals surface area contributed by atoms with Crippen molar-refractivity contribution in [2.24, 2.45) is 45.9 Å². The molecule has 0 aromatic heterocycles. The third-order valence-electron chi connectivity index (χ3n) is 12.0. The smallest absolute Gasteiger partial charge is 0.309 e. The number of hydrogen-bond donors (Lipinski definition) is 8. The van der Waals surface area contributed by atoms with Gasteiger partial charge < -0.3 is 152 Å². The summed E-state index contributed by atoms with van der Waals surface area (Å²) < 4.78 is 0. The van der Waals surface area contributed by atoms with Gasteiger partial charge in [0.2, 0.25) is 23.1 Å². The molecule has 3 aliphatic rings. The predicted molar refractivity (Wildman–Crippen MR) is 439 cm³/mol. The second-order valence-electron chi connectivity index (χ2n) is 21.3. The molecular weight excluding hydrogens is 1960 g/mol. The number of hydrogen-bond acceptors (Lipinski definition) is 24. The van der Waals surface area contributed by atoms with Crippen molar-refractivity contribution in [2.75, 3.05) is 0 Å². The average Bonchev–Trinajstić information content (AvgIpc) is 1.67. The van der Waals surface area contributed by atoms with Crippen LogP contribution in [-0.4, -0.2) is 221 Å². The molecule has 3 aliphatic carbocycles. The molecule has 8 amide bonds. The van der Waals surface area contributed by atoms with Gasteiger partial charge in [0.05, 0.1) is 12.8 Å². The van der Waals surface area contributed by atoms with Gasteiger partial charge in [0.15, 0.2) is 0 Å². The third-order valence-corrected chi connectivity index (χ3v) is 12.0. The van der Waals surface area contributed by atoms with Crippen LogP contribution < -0.4 is 45.9 Å². The van der Waals surface area contributed by atoms with Crippen molar-refractivity contribution in [3.8, 4) is 0 Å². The van der Waals surface area contributed by atoms with Gasteiger partial charge in [-0.2, -0.15) is 0 Å². The summed E-state index contributed by atoms with van der Waals surface area (Å²) in [5.74, 6) is -4.54. The quantitative estimate of drug-likeness (QED) is 0.0419. The van der Waals surface area contributed by atoms with Gasteiger partial charge in [0, 0.05) is 219 Å². The first-order valence-corrected chi connectivity index (χ1v) is 30.4. The molecule has 0 saturated heterocycles. The van der Waals surface area contributed by atoms with Crippen LogP contribution in [-0.2, 0) is 199 Å². The van der Waals surface area contributed by atoms with Crippen LogP contribution in [0.15, 0.2) is 38.0 Å². The van der Waals surface area contributed by atoms with Crippen LogP contribution >= 0.6 is 0 Å². The van der Waals surface area contributed by atoms with E-state index in [0.29, 0.717) is 44.9 Å². The van der Waals surface area contributed by atoms with Crippen molar-refractivity contribution in [1.82, 2.24) is 0 Å². The summed E-state index contributed by atoms with van der Waals surface area (Å²) in [6, 6.07) is -3.72. The van der Waals surface area contributed by atoms with E-state index in [1.54, 1.807) is 26.8 Å². The Morgan fingerprint density at radius 2 is 0.500 bits per heavy atom. The number of primary amides is 8. The first-order valence-electron chi connectivity index (χ1n) is 30.4. The Morgan fingerprint density at radius 1 is 0.315 bits per heavy atom. The third kappa shape index (κ3) is 124. The minimum absolute atomic E-state index is 0. The molecule has 44 nitrogen and oxygen atoms in total. The summed E-state index contributed by atoms with van der Waals surface area (Å²) in [4.78, 5) is 253. The number of rotatable bonds is 18. The van der Waals surface area contributed by atoms with Crippen molar-refractivity contribution < 1.29 is 199 Å². The van der Waals surface area contributed by atoms with E-state index in [2.05, 4.69) is 159 Å². The van der Waals surface area contributed by atoms with E-state index in [1.807, 2.05) is 0 Å². The molecule has 16 N–H and O–H groups in total. The molecule has 0 aromatic carbocycles. The zero-order chi connectivity index (χ0) is 102. The van der Waals surface area contributed by atoms with Crippen molar-refractivity contribution in [3.63, 3.8) is 0 Å². The van der Waals surface area contributed by atoms with E-state index in [0.717, 1.165) is 12.8 Å². The van der Waals surface area contributed by atoms with E-state index < -0.39 is 117 Å². The molecule has 0 spiro atoms. The molecule has 3 rings (SSSR count). The largest absolute Gasteiger partial charge is 0.545 e. The van der Waals surface area contributed by atoms with Crippen LogP contribution in [0, 0.1) is 78.9 Å². The fourth-order valence-corrected chi connectivity index (χ4v) is 3.38. The molecule has 0 heterocycles. The molecule has 684 valence electrons. The minimum Gasteiger partial charge on any atom is -0.545 e. The number of ketones is 4. The van der Waals surface area contributed by atoms with Gasteiger partial charge >= 0.3 is 69.7 Å². The van der Waals surface area contributed by atoms with Gasteiger partial charge in [-0.05, 0) is 0 Å². The van der Waals surface area contributed by atoms with Gasteiger partial charge in [-0.3, -0.25) is 149 Å². The van der Waals surface area contributed by atoms with Crippen LogP contribution in [0.3, 0.4) is 0 Å². The number of Topliss-reactive ketones (excluding diaryl/α,β-unsaturated/α-hetero) is 4. The first kappa shape index (κ1) is 181. The van der Waals surface area contributed by atoms with E-state index in [-0.39, 0.29) is 107 Å². The SMILES string of the molecule is [C-]#[N+]C(C)(C)C(C)=O.[C-]#[N+]C(C)(C)C(N)=O.[C-]#[N+]C(C)(C)C(N)=O.[C-]#[N+]C(C)C(C)=O.[C-]#[N+]C(C)C(N)=O.[C-]#[N+]C(C)C(N)=O.[C-]#[N+]C(CC=C)C(C)=O.[C-]#[N+]C(CC=C)C(N)=O.[C-]#[N+]C(CC=C)C(N)=O.[C-]#[N+]C1(C(C)=O)CC1.[C-]#[N+]C1(C(N)=O)CC1.[C-]#[N+]C1(C(N)=O)CC1.[CH-]=O.[CH-]=O.[CH-]=O.[CH-]=O.[CH-]=O.[CH-]=O.[CH-]=O.[CH-]=O.[CH-]=O.[CH-]=O.[CH-]=O.[CH-]=O.[Mo].[Mo].[Mo].[Mo]. The molecule has 3 fully saturated rings. The maximum atomic E-state index is 10.5. The Kier molecular flexibility index (Phi) is 186. The normalized spacial score (nSPS) is 11.0.